The third kappa shape index (κ3) is 3.73. The highest BCUT2D eigenvalue weighted by atomic mass is 19.2. The Morgan fingerprint density at radius 1 is 0.833 bits per heavy atom. The van der Waals surface area contributed by atoms with Crippen molar-refractivity contribution in [3.05, 3.63) is 64.7 Å². The number of rotatable bonds is 1. The Hall–Kier alpha value is -2.01. The summed E-state index contributed by atoms with van der Waals surface area (Å²) in [5, 5.41) is 0. The summed E-state index contributed by atoms with van der Waals surface area (Å²) in [5.74, 6) is 5.47. The average Bonchev–Trinajstić information content (AvgIpc) is 2.60. The molecule has 0 nitrogen and oxygen atoms in total. The van der Waals surface area contributed by atoms with Crippen LogP contribution in [0.1, 0.15) is 48.3 Å². The molecule has 0 spiro atoms. The van der Waals surface area contributed by atoms with E-state index in [1.54, 1.807) is 13.9 Å². The lowest BCUT2D eigenvalue weighted by Crippen LogP contribution is -2.11. The van der Waals surface area contributed by atoms with Gasteiger partial charge in [0.2, 0.25) is 0 Å². The zero-order valence-electron chi connectivity index (χ0n) is 14.2. The number of hydrogen-bond donors (Lipinski definition) is 0. The van der Waals surface area contributed by atoms with Gasteiger partial charge in [0.05, 0.1) is 5.56 Å². The van der Waals surface area contributed by atoms with Gasteiger partial charge in [-0.05, 0) is 42.5 Å². The number of hydrogen-bond acceptors (Lipinski definition) is 0. The fraction of sp³-hybridized carbons (Fsp3) is 0.300. The van der Waals surface area contributed by atoms with E-state index in [0.29, 0.717) is 11.4 Å². The van der Waals surface area contributed by atoms with Crippen LogP contribution in [0.3, 0.4) is 0 Å². The molecule has 0 saturated heterocycles. The highest BCUT2D eigenvalue weighted by molar-refractivity contribution is 6.32. The number of benzene rings is 2. The molecule has 2 aromatic rings. The summed E-state index contributed by atoms with van der Waals surface area (Å²) in [6.07, 6.45) is 5.09. The van der Waals surface area contributed by atoms with E-state index in [4.69, 9.17) is 0 Å². The molecule has 2 aromatic carbocycles. The van der Waals surface area contributed by atoms with Crippen LogP contribution in [0.25, 0.3) is 0 Å². The van der Waals surface area contributed by atoms with E-state index in [1.807, 2.05) is 12.1 Å². The maximum Gasteiger partial charge on any atom is 0.173 e. The molecule has 0 N–H and O–H groups in total. The van der Waals surface area contributed by atoms with E-state index in [0.717, 1.165) is 11.4 Å². The van der Waals surface area contributed by atoms with Gasteiger partial charge in [-0.3, -0.25) is 0 Å². The summed E-state index contributed by atoms with van der Waals surface area (Å²) in [6.45, 7) is 0. The summed E-state index contributed by atoms with van der Waals surface area (Å²) >= 11 is 0. The molecule has 0 aliphatic heterocycles. The lowest BCUT2D eigenvalue weighted by Gasteiger charge is -2.26. The van der Waals surface area contributed by atoms with Gasteiger partial charge in [-0.1, -0.05) is 54.2 Å². The second kappa shape index (κ2) is 7.26. The van der Waals surface area contributed by atoms with Gasteiger partial charge in [-0.25, -0.2) is 8.78 Å². The third-order valence-corrected chi connectivity index (χ3v) is 5.01. The second-order valence-corrected chi connectivity index (χ2v) is 6.89. The SMILES string of the molecule is Bc1ccc(C#Cc2ccc(C3CCC(B)CC3)cc2)c(F)c1F. The van der Waals surface area contributed by atoms with Gasteiger partial charge >= 0.3 is 0 Å². The predicted molar refractivity (Wildman–Crippen MR) is 100 cm³/mol. The largest absolute Gasteiger partial charge is 0.204 e. The summed E-state index contributed by atoms with van der Waals surface area (Å²) in [7, 11) is 3.86. The van der Waals surface area contributed by atoms with Crippen LogP contribution in [0.5, 0.6) is 0 Å². The molecule has 0 aromatic heterocycles. The first kappa shape index (κ1) is 16.8. The molecule has 0 radical (unpaired) electrons. The van der Waals surface area contributed by atoms with Crippen LogP contribution in [0.4, 0.5) is 8.78 Å². The first-order valence-electron chi connectivity index (χ1n) is 8.61. The van der Waals surface area contributed by atoms with Gasteiger partial charge in [-0.15, -0.1) is 0 Å². The van der Waals surface area contributed by atoms with Crippen LogP contribution >= 0.6 is 0 Å². The second-order valence-electron chi connectivity index (χ2n) is 6.89. The van der Waals surface area contributed by atoms with E-state index in [1.165, 1.54) is 37.3 Å². The van der Waals surface area contributed by atoms with Crippen LogP contribution in [0.2, 0.25) is 5.82 Å². The maximum absolute atomic E-state index is 13.8. The molecule has 0 amide bonds. The Morgan fingerprint density at radius 2 is 1.50 bits per heavy atom. The monoisotopic (exact) mass is 320 g/mol. The van der Waals surface area contributed by atoms with Crippen LogP contribution < -0.4 is 5.46 Å². The quantitative estimate of drug-likeness (QED) is 0.560. The molecule has 0 bridgehead atoms. The molecule has 1 fully saturated rings. The molecular formula is C20H20B2F2. The van der Waals surface area contributed by atoms with E-state index < -0.39 is 11.6 Å². The molecule has 4 heteroatoms. The van der Waals surface area contributed by atoms with E-state index in [9.17, 15) is 8.78 Å². The molecule has 1 aliphatic rings. The molecule has 24 heavy (non-hydrogen) atoms. The molecular weight excluding hydrogens is 300 g/mol. The lowest BCUT2D eigenvalue weighted by molar-refractivity contribution is 0.444. The zero-order chi connectivity index (χ0) is 17.1. The van der Waals surface area contributed by atoms with E-state index in [2.05, 4.69) is 31.8 Å². The minimum absolute atomic E-state index is 0.100. The van der Waals surface area contributed by atoms with Crippen LogP contribution in [-0.4, -0.2) is 15.7 Å². The smallest absolute Gasteiger partial charge is 0.173 e. The maximum atomic E-state index is 13.8. The molecule has 0 atom stereocenters. The van der Waals surface area contributed by atoms with Gasteiger partial charge in [0, 0.05) is 5.56 Å². The van der Waals surface area contributed by atoms with Crippen LogP contribution in [0, 0.1) is 23.5 Å². The Morgan fingerprint density at radius 3 is 2.17 bits per heavy atom. The summed E-state index contributed by atoms with van der Waals surface area (Å²) in [6, 6.07) is 11.3. The highest BCUT2D eigenvalue weighted by Gasteiger charge is 2.19. The van der Waals surface area contributed by atoms with Gasteiger partial charge in [-0.2, -0.15) is 0 Å². The Balaban J connectivity index is 1.75. The molecule has 3 rings (SSSR count). The van der Waals surface area contributed by atoms with Gasteiger partial charge in [0.1, 0.15) is 15.7 Å². The Kier molecular flexibility index (Phi) is 5.09. The van der Waals surface area contributed by atoms with Crippen LogP contribution in [-0.2, 0) is 0 Å². The minimum atomic E-state index is -0.865. The third-order valence-electron chi connectivity index (χ3n) is 5.01. The average molecular weight is 320 g/mol. The van der Waals surface area contributed by atoms with Crippen molar-refractivity contribution < 1.29 is 8.78 Å². The molecule has 1 saturated carbocycles. The zero-order valence-corrected chi connectivity index (χ0v) is 14.2. The predicted octanol–water partition coefficient (Wildman–Crippen LogP) is 2.70. The summed E-state index contributed by atoms with van der Waals surface area (Å²) in [5.41, 5.74) is 2.58. The number of halogens is 2. The standard InChI is InChI=1S/C20H20B2F2/c21-17-10-7-15(8-11-17)14-4-1-13(2-5-14)3-6-16-9-12-18(22)20(24)19(16)23/h1-2,4-5,9,12,15,17H,7-8,10-11,21-22H2. The Bertz CT molecular complexity index is 780. The van der Waals surface area contributed by atoms with E-state index in [-0.39, 0.29) is 5.56 Å². The van der Waals surface area contributed by atoms with Crippen molar-refractivity contribution in [3.63, 3.8) is 0 Å². The Labute approximate surface area is 144 Å². The van der Waals surface area contributed by atoms with Gasteiger partial charge in [0.15, 0.2) is 11.6 Å². The summed E-state index contributed by atoms with van der Waals surface area (Å²) in [4.78, 5) is 0. The van der Waals surface area contributed by atoms with Crippen molar-refractivity contribution in [2.75, 3.05) is 0 Å². The fourth-order valence-corrected chi connectivity index (χ4v) is 3.31. The van der Waals surface area contributed by atoms with Crippen molar-refractivity contribution in [3.8, 4) is 11.8 Å². The van der Waals surface area contributed by atoms with E-state index >= 15 is 0 Å². The molecule has 0 unspecified atom stereocenters. The lowest BCUT2D eigenvalue weighted by atomic mass is 9.70. The highest BCUT2D eigenvalue weighted by Crippen LogP contribution is 2.36. The molecule has 1 aliphatic carbocycles. The van der Waals surface area contributed by atoms with Gasteiger partial charge < -0.3 is 0 Å². The minimum Gasteiger partial charge on any atom is -0.204 e. The first-order valence-corrected chi connectivity index (χ1v) is 8.61. The van der Waals surface area contributed by atoms with Crippen molar-refractivity contribution in [2.45, 2.75) is 37.4 Å². The fourth-order valence-electron chi connectivity index (χ4n) is 3.31. The topological polar surface area (TPSA) is 0 Å². The van der Waals surface area contributed by atoms with Crippen molar-refractivity contribution in [1.29, 1.82) is 0 Å². The van der Waals surface area contributed by atoms with Crippen molar-refractivity contribution in [2.24, 2.45) is 0 Å². The summed E-state index contributed by atoms with van der Waals surface area (Å²) < 4.78 is 27.4. The first-order chi connectivity index (χ1) is 11.5. The van der Waals surface area contributed by atoms with Gasteiger partial charge in [0.25, 0.3) is 0 Å². The van der Waals surface area contributed by atoms with Crippen molar-refractivity contribution in [1.82, 2.24) is 0 Å². The van der Waals surface area contributed by atoms with Crippen molar-refractivity contribution >= 4 is 21.2 Å². The normalized spacial score (nSPS) is 20.2. The van der Waals surface area contributed by atoms with Crippen LogP contribution in [0.15, 0.2) is 36.4 Å². The molecule has 0 heterocycles. The molecule has 120 valence electrons.